The fraction of sp³-hybridized carbons (Fsp3) is 0.200. The molecule has 2 N–H and O–H groups in total. The molecule has 0 aliphatic heterocycles. The molecular formula is C15H16FIN4S. The van der Waals surface area contributed by atoms with Gasteiger partial charge in [0.25, 0.3) is 0 Å². The Balaban J connectivity index is 0.00000242. The third kappa shape index (κ3) is 5.27. The quantitative estimate of drug-likeness (QED) is 0.445. The van der Waals surface area contributed by atoms with Crippen molar-refractivity contribution in [2.45, 2.75) is 13.1 Å². The fourth-order valence-corrected chi connectivity index (χ4v) is 2.41. The average molecular weight is 430 g/mol. The lowest BCUT2D eigenvalue weighted by molar-refractivity contribution is 0.604. The zero-order valence-electron chi connectivity index (χ0n) is 12.0. The molecule has 1 aromatic heterocycles. The summed E-state index contributed by atoms with van der Waals surface area (Å²) in [6.45, 7) is 0.934. The van der Waals surface area contributed by atoms with Crippen LogP contribution in [0.3, 0.4) is 0 Å². The van der Waals surface area contributed by atoms with Crippen molar-refractivity contribution >= 4 is 41.3 Å². The minimum absolute atomic E-state index is 0. The Morgan fingerprint density at radius 1 is 1.32 bits per heavy atom. The molecular weight excluding hydrogens is 414 g/mol. The molecule has 0 atom stereocenters. The lowest BCUT2D eigenvalue weighted by Crippen LogP contribution is -2.36. The molecule has 0 unspecified atom stereocenters. The van der Waals surface area contributed by atoms with E-state index in [2.05, 4.69) is 15.6 Å². The molecule has 116 valence electrons. The van der Waals surface area contributed by atoms with E-state index in [9.17, 15) is 4.39 Å². The molecule has 0 spiro atoms. The Hall–Kier alpha value is -1.66. The van der Waals surface area contributed by atoms with E-state index in [0.717, 1.165) is 0 Å². The van der Waals surface area contributed by atoms with Crippen molar-refractivity contribution in [1.82, 2.24) is 10.6 Å². The summed E-state index contributed by atoms with van der Waals surface area (Å²) in [6, 6.07) is 10.3. The number of hydrogen-bond donors (Lipinski definition) is 2. The van der Waals surface area contributed by atoms with Crippen LogP contribution in [0.15, 0.2) is 40.7 Å². The van der Waals surface area contributed by atoms with Crippen molar-refractivity contribution in [1.29, 1.82) is 5.26 Å². The number of hydrogen-bond acceptors (Lipinski definition) is 3. The second-order valence-corrected chi connectivity index (χ2v) is 5.31. The van der Waals surface area contributed by atoms with Crippen molar-refractivity contribution in [2.24, 2.45) is 4.99 Å². The number of halogens is 2. The number of guanidine groups is 1. The molecule has 0 aliphatic carbocycles. The van der Waals surface area contributed by atoms with Crippen LogP contribution in [-0.4, -0.2) is 13.0 Å². The lowest BCUT2D eigenvalue weighted by atomic mass is 10.1. The van der Waals surface area contributed by atoms with Crippen molar-refractivity contribution < 1.29 is 4.39 Å². The van der Waals surface area contributed by atoms with Gasteiger partial charge in [0.05, 0.1) is 18.2 Å². The summed E-state index contributed by atoms with van der Waals surface area (Å²) >= 11 is 1.66. The molecule has 0 amide bonds. The van der Waals surface area contributed by atoms with Crippen molar-refractivity contribution in [3.05, 3.63) is 57.5 Å². The third-order valence-electron chi connectivity index (χ3n) is 2.85. The third-order valence-corrected chi connectivity index (χ3v) is 3.73. The molecule has 1 aromatic carbocycles. The number of nitrogens with zero attached hydrogens (tertiary/aromatic N) is 2. The minimum Gasteiger partial charge on any atom is -0.352 e. The van der Waals surface area contributed by atoms with Gasteiger partial charge in [0.15, 0.2) is 5.96 Å². The standard InChI is InChI=1S/C15H15FN4S.HI/c1-18-15(20-10-13-3-2-6-21-13)19-9-12-7-11(8-17)4-5-14(12)16;/h2-7H,9-10H2,1H3,(H2,18,19,20);1H. The van der Waals surface area contributed by atoms with Gasteiger partial charge in [-0.1, -0.05) is 6.07 Å². The molecule has 22 heavy (non-hydrogen) atoms. The maximum Gasteiger partial charge on any atom is 0.191 e. The van der Waals surface area contributed by atoms with Gasteiger partial charge < -0.3 is 10.6 Å². The van der Waals surface area contributed by atoms with E-state index in [-0.39, 0.29) is 36.3 Å². The van der Waals surface area contributed by atoms with Crippen LogP contribution in [0.25, 0.3) is 0 Å². The first-order valence-corrected chi connectivity index (χ1v) is 7.26. The molecule has 0 fully saturated rings. The van der Waals surface area contributed by atoms with Crippen LogP contribution in [0.4, 0.5) is 4.39 Å². The number of nitriles is 1. The molecule has 4 nitrogen and oxygen atoms in total. The van der Waals surface area contributed by atoms with Gasteiger partial charge in [0, 0.05) is 24.0 Å². The van der Waals surface area contributed by atoms with Gasteiger partial charge in [-0.2, -0.15) is 5.26 Å². The van der Waals surface area contributed by atoms with Crippen LogP contribution < -0.4 is 10.6 Å². The first kappa shape index (κ1) is 18.4. The van der Waals surface area contributed by atoms with Crippen molar-refractivity contribution in [2.75, 3.05) is 7.05 Å². The summed E-state index contributed by atoms with van der Waals surface area (Å²) in [4.78, 5) is 5.28. The Kier molecular flexibility index (Phi) is 7.84. The second-order valence-electron chi connectivity index (χ2n) is 4.28. The summed E-state index contributed by atoms with van der Waals surface area (Å²) in [5.41, 5.74) is 0.878. The van der Waals surface area contributed by atoms with E-state index < -0.39 is 0 Å². The van der Waals surface area contributed by atoms with Crippen LogP contribution >= 0.6 is 35.3 Å². The Morgan fingerprint density at radius 2 is 2.09 bits per heavy atom. The average Bonchev–Trinajstić information content (AvgIpc) is 3.02. The van der Waals surface area contributed by atoms with Gasteiger partial charge in [0.1, 0.15) is 5.82 Å². The predicted molar refractivity (Wildman–Crippen MR) is 97.9 cm³/mol. The van der Waals surface area contributed by atoms with Gasteiger partial charge in [-0.25, -0.2) is 4.39 Å². The Morgan fingerprint density at radius 3 is 2.73 bits per heavy atom. The second kappa shape index (κ2) is 9.38. The highest BCUT2D eigenvalue weighted by Crippen LogP contribution is 2.10. The first-order valence-electron chi connectivity index (χ1n) is 6.38. The summed E-state index contributed by atoms with van der Waals surface area (Å²) in [7, 11) is 1.66. The Labute approximate surface area is 150 Å². The van der Waals surface area contributed by atoms with E-state index in [1.54, 1.807) is 18.4 Å². The van der Waals surface area contributed by atoms with E-state index in [1.165, 1.54) is 23.1 Å². The van der Waals surface area contributed by atoms with E-state index in [0.29, 0.717) is 23.6 Å². The number of nitrogens with one attached hydrogen (secondary N) is 2. The zero-order chi connectivity index (χ0) is 15.1. The SMILES string of the molecule is CN=C(NCc1cccs1)NCc1cc(C#N)ccc1F.I. The molecule has 1 heterocycles. The molecule has 0 saturated heterocycles. The van der Waals surface area contributed by atoms with E-state index >= 15 is 0 Å². The van der Waals surface area contributed by atoms with Crippen LogP contribution in [0.2, 0.25) is 0 Å². The topological polar surface area (TPSA) is 60.2 Å². The molecule has 7 heteroatoms. The van der Waals surface area contributed by atoms with Gasteiger partial charge in [-0.3, -0.25) is 4.99 Å². The van der Waals surface area contributed by atoms with Crippen LogP contribution in [0, 0.1) is 17.1 Å². The van der Waals surface area contributed by atoms with E-state index in [1.807, 2.05) is 23.6 Å². The molecule has 0 aliphatic rings. The molecule has 0 saturated carbocycles. The largest absolute Gasteiger partial charge is 0.352 e. The van der Waals surface area contributed by atoms with E-state index in [4.69, 9.17) is 5.26 Å². The minimum atomic E-state index is -0.338. The summed E-state index contributed by atoms with van der Waals surface area (Å²) in [5, 5.41) is 17.0. The summed E-state index contributed by atoms with van der Waals surface area (Å²) in [6.07, 6.45) is 0. The highest BCUT2D eigenvalue weighted by atomic mass is 127. The molecule has 0 bridgehead atoms. The predicted octanol–water partition coefficient (Wildman–Crippen LogP) is 3.24. The highest BCUT2D eigenvalue weighted by molar-refractivity contribution is 14.0. The molecule has 2 rings (SSSR count). The maximum atomic E-state index is 13.7. The van der Waals surface area contributed by atoms with Gasteiger partial charge >= 0.3 is 0 Å². The monoisotopic (exact) mass is 430 g/mol. The summed E-state index contributed by atoms with van der Waals surface area (Å²) in [5.74, 6) is 0.250. The normalized spacial score (nSPS) is 10.5. The highest BCUT2D eigenvalue weighted by Gasteiger charge is 2.05. The molecule has 2 aromatic rings. The smallest absolute Gasteiger partial charge is 0.191 e. The van der Waals surface area contributed by atoms with Crippen molar-refractivity contribution in [3.63, 3.8) is 0 Å². The van der Waals surface area contributed by atoms with Gasteiger partial charge in [-0.15, -0.1) is 35.3 Å². The number of rotatable bonds is 4. The van der Waals surface area contributed by atoms with Gasteiger partial charge in [-0.05, 0) is 29.6 Å². The number of thiophene rings is 1. The molecule has 0 radical (unpaired) electrons. The van der Waals surface area contributed by atoms with Crippen LogP contribution in [0.1, 0.15) is 16.0 Å². The lowest BCUT2D eigenvalue weighted by Gasteiger charge is -2.11. The number of aliphatic imine (C=N–C) groups is 1. The number of benzene rings is 1. The fourth-order valence-electron chi connectivity index (χ4n) is 1.76. The van der Waals surface area contributed by atoms with Crippen LogP contribution in [0.5, 0.6) is 0 Å². The van der Waals surface area contributed by atoms with Crippen LogP contribution in [-0.2, 0) is 13.1 Å². The zero-order valence-corrected chi connectivity index (χ0v) is 15.1. The summed E-state index contributed by atoms with van der Waals surface area (Å²) < 4.78 is 13.7. The first-order chi connectivity index (χ1) is 10.2. The van der Waals surface area contributed by atoms with Crippen molar-refractivity contribution in [3.8, 4) is 6.07 Å². The van der Waals surface area contributed by atoms with Gasteiger partial charge in [0.2, 0.25) is 0 Å². The Bertz CT molecular complexity index is 665. The maximum absolute atomic E-state index is 13.7.